The maximum atomic E-state index is 4.84. The number of nitrogens with zero attached hydrogens (tertiary/aromatic N) is 4. The second kappa shape index (κ2) is 7.69. The number of nitrogens with one attached hydrogen (secondary N) is 1. The summed E-state index contributed by atoms with van der Waals surface area (Å²) in [6.45, 7) is 10.5. The van der Waals surface area contributed by atoms with Crippen LogP contribution in [0.3, 0.4) is 0 Å². The van der Waals surface area contributed by atoms with Gasteiger partial charge in [-0.3, -0.25) is 4.99 Å². The van der Waals surface area contributed by atoms with Gasteiger partial charge in [0, 0.05) is 45.0 Å². The summed E-state index contributed by atoms with van der Waals surface area (Å²) in [7, 11) is 0. The van der Waals surface area contributed by atoms with Crippen LogP contribution in [0.1, 0.15) is 37.9 Å². The summed E-state index contributed by atoms with van der Waals surface area (Å²) in [6.07, 6.45) is 7.64. The number of hydrogen-bond donors (Lipinski definition) is 1. The molecule has 0 bridgehead atoms. The van der Waals surface area contributed by atoms with E-state index in [4.69, 9.17) is 9.98 Å². The Bertz CT molecular complexity index is 703. The van der Waals surface area contributed by atoms with Gasteiger partial charge >= 0.3 is 0 Å². The van der Waals surface area contributed by atoms with Crippen molar-refractivity contribution in [2.75, 3.05) is 26.2 Å². The third-order valence-electron chi connectivity index (χ3n) is 4.65. The largest absolute Gasteiger partial charge is 0.357 e. The molecule has 0 aliphatic carbocycles. The van der Waals surface area contributed by atoms with Gasteiger partial charge in [-0.2, -0.15) is 0 Å². The number of aryl methyl sites for hydroxylation is 1. The van der Waals surface area contributed by atoms with Gasteiger partial charge < -0.3 is 14.6 Å². The first-order chi connectivity index (χ1) is 11.7. The van der Waals surface area contributed by atoms with Crippen molar-refractivity contribution in [1.29, 1.82) is 0 Å². The van der Waals surface area contributed by atoms with Gasteiger partial charge in [-0.1, -0.05) is 13.0 Å². The highest BCUT2D eigenvalue weighted by atomic mass is 15.3. The number of rotatable bonds is 4. The molecule has 2 aromatic heterocycles. The zero-order valence-corrected chi connectivity index (χ0v) is 15.1. The van der Waals surface area contributed by atoms with Crippen LogP contribution in [0.15, 0.2) is 29.5 Å². The van der Waals surface area contributed by atoms with Crippen LogP contribution in [-0.2, 0) is 6.42 Å². The average molecular weight is 327 g/mol. The second-order valence-corrected chi connectivity index (χ2v) is 6.83. The van der Waals surface area contributed by atoms with Crippen LogP contribution in [0.2, 0.25) is 0 Å². The monoisotopic (exact) mass is 327 g/mol. The van der Waals surface area contributed by atoms with Gasteiger partial charge in [0.05, 0.1) is 5.69 Å². The molecule has 0 radical (unpaired) electrons. The molecule has 1 unspecified atom stereocenters. The van der Waals surface area contributed by atoms with Crippen LogP contribution in [0.5, 0.6) is 0 Å². The number of guanidine groups is 1. The van der Waals surface area contributed by atoms with E-state index in [-0.39, 0.29) is 0 Å². The molecule has 5 heteroatoms. The molecular formula is C19H29N5. The second-order valence-electron chi connectivity index (χ2n) is 6.83. The highest BCUT2D eigenvalue weighted by molar-refractivity contribution is 5.80. The van der Waals surface area contributed by atoms with Crippen molar-refractivity contribution < 1.29 is 0 Å². The predicted molar refractivity (Wildman–Crippen MR) is 99.6 cm³/mol. The number of likely N-dealkylation sites (tertiary alicyclic amines) is 1. The summed E-state index contributed by atoms with van der Waals surface area (Å²) in [5, 5.41) is 3.45. The average Bonchev–Trinajstić information content (AvgIpc) is 2.98. The maximum absolute atomic E-state index is 4.84. The number of piperidine rings is 1. The standard InChI is InChI=1S/C19H29N5/c1-4-20-19(24-12-5-7-15(2)13-24)21-10-9-17-14-23-11-6-8-16(3)18(23)22-17/h6,8,11,14-15H,4-5,7,9-10,12-13H2,1-3H3,(H,20,21). The fraction of sp³-hybridized carbons (Fsp3) is 0.579. The maximum Gasteiger partial charge on any atom is 0.193 e. The van der Waals surface area contributed by atoms with Crippen molar-refractivity contribution in [3.63, 3.8) is 0 Å². The summed E-state index contributed by atoms with van der Waals surface area (Å²) in [6, 6.07) is 4.16. The van der Waals surface area contributed by atoms with E-state index in [0.717, 1.165) is 55.8 Å². The van der Waals surface area contributed by atoms with Gasteiger partial charge in [0.2, 0.25) is 0 Å². The van der Waals surface area contributed by atoms with E-state index >= 15 is 0 Å². The Hall–Kier alpha value is -2.04. The van der Waals surface area contributed by atoms with E-state index in [1.165, 1.54) is 18.4 Å². The van der Waals surface area contributed by atoms with E-state index in [9.17, 15) is 0 Å². The van der Waals surface area contributed by atoms with Crippen molar-refractivity contribution in [2.45, 2.75) is 40.0 Å². The van der Waals surface area contributed by atoms with Crippen LogP contribution in [0.25, 0.3) is 5.65 Å². The normalized spacial score (nSPS) is 19.0. The number of imidazole rings is 1. The summed E-state index contributed by atoms with van der Waals surface area (Å²) in [4.78, 5) is 12.0. The molecule has 1 fully saturated rings. The zero-order valence-electron chi connectivity index (χ0n) is 15.1. The minimum atomic E-state index is 0.754. The lowest BCUT2D eigenvalue weighted by Gasteiger charge is -2.33. The third-order valence-corrected chi connectivity index (χ3v) is 4.65. The minimum Gasteiger partial charge on any atom is -0.357 e. The molecule has 0 amide bonds. The Morgan fingerprint density at radius 3 is 3.08 bits per heavy atom. The van der Waals surface area contributed by atoms with Gasteiger partial charge in [-0.15, -0.1) is 0 Å². The van der Waals surface area contributed by atoms with Crippen molar-refractivity contribution in [1.82, 2.24) is 19.6 Å². The summed E-state index contributed by atoms with van der Waals surface area (Å²) in [5.74, 6) is 1.81. The molecule has 3 rings (SSSR count). The molecular weight excluding hydrogens is 298 g/mol. The van der Waals surface area contributed by atoms with E-state index < -0.39 is 0 Å². The first kappa shape index (κ1) is 16.8. The Kier molecular flexibility index (Phi) is 5.38. The van der Waals surface area contributed by atoms with Gasteiger partial charge in [-0.05, 0) is 44.2 Å². The summed E-state index contributed by atoms with van der Waals surface area (Å²) < 4.78 is 2.10. The summed E-state index contributed by atoms with van der Waals surface area (Å²) in [5.41, 5.74) is 3.37. The fourth-order valence-corrected chi connectivity index (χ4v) is 3.41. The van der Waals surface area contributed by atoms with Crippen molar-refractivity contribution in [3.8, 4) is 0 Å². The molecule has 5 nitrogen and oxygen atoms in total. The van der Waals surface area contributed by atoms with Crippen LogP contribution < -0.4 is 5.32 Å². The Balaban J connectivity index is 1.66. The lowest BCUT2D eigenvalue weighted by Crippen LogP contribution is -2.46. The lowest BCUT2D eigenvalue weighted by molar-refractivity contribution is 0.266. The van der Waals surface area contributed by atoms with E-state index in [2.05, 4.69) is 59.9 Å². The SMILES string of the molecule is CCNC(=NCCc1cn2cccc(C)c2n1)N1CCCC(C)C1. The van der Waals surface area contributed by atoms with Gasteiger partial charge in [-0.25, -0.2) is 4.98 Å². The van der Waals surface area contributed by atoms with Crippen LogP contribution in [-0.4, -0.2) is 46.4 Å². The van der Waals surface area contributed by atoms with Crippen LogP contribution in [0, 0.1) is 12.8 Å². The molecule has 0 saturated carbocycles. The smallest absolute Gasteiger partial charge is 0.193 e. The van der Waals surface area contributed by atoms with Crippen LogP contribution in [0.4, 0.5) is 0 Å². The molecule has 24 heavy (non-hydrogen) atoms. The van der Waals surface area contributed by atoms with E-state index in [0.29, 0.717) is 0 Å². The van der Waals surface area contributed by atoms with Crippen molar-refractivity contribution >= 4 is 11.6 Å². The molecule has 3 heterocycles. The Labute approximate surface area is 144 Å². The lowest BCUT2D eigenvalue weighted by atomic mass is 10.0. The number of fused-ring (bicyclic) bond motifs is 1. The quantitative estimate of drug-likeness (QED) is 0.694. The number of hydrogen-bond acceptors (Lipinski definition) is 2. The number of aromatic nitrogens is 2. The molecule has 0 aromatic carbocycles. The minimum absolute atomic E-state index is 0.754. The highest BCUT2D eigenvalue weighted by Crippen LogP contribution is 2.15. The van der Waals surface area contributed by atoms with Crippen LogP contribution >= 0.6 is 0 Å². The number of aliphatic imine (C=N–C) groups is 1. The molecule has 2 aromatic rings. The van der Waals surface area contributed by atoms with E-state index in [1.807, 2.05) is 0 Å². The molecule has 1 saturated heterocycles. The molecule has 0 spiro atoms. The summed E-state index contributed by atoms with van der Waals surface area (Å²) >= 11 is 0. The molecule has 1 aliphatic rings. The Morgan fingerprint density at radius 1 is 1.46 bits per heavy atom. The van der Waals surface area contributed by atoms with Gasteiger partial charge in [0.15, 0.2) is 5.96 Å². The zero-order chi connectivity index (χ0) is 16.9. The van der Waals surface area contributed by atoms with E-state index in [1.54, 1.807) is 0 Å². The first-order valence-electron chi connectivity index (χ1n) is 9.14. The number of pyridine rings is 1. The van der Waals surface area contributed by atoms with Gasteiger partial charge in [0.1, 0.15) is 5.65 Å². The van der Waals surface area contributed by atoms with Gasteiger partial charge in [0.25, 0.3) is 0 Å². The molecule has 1 N–H and O–H groups in total. The topological polar surface area (TPSA) is 44.9 Å². The predicted octanol–water partition coefficient (Wildman–Crippen LogP) is 2.88. The molecule has 130 valence electrons. The van der Waals surface area contributed by atoms with Crippen molar-refractivity contribution in [3.05, 3.63) is 35.8 Å². The molecule has 1 aliphatic heterocycles. The van der Waals surface area contributed by atoms with Crippen molar-refractivity contribution in [2.24, 2.45) is 10.9 Å². The fourth-order valence-electron chi connectivity index (χ4n) is 3.41. The molecule has 1 atom stereocenters. The third kappa shape index (κ3) is 3.89. The first-order valence-corrected chi connectivity index (χ1v) is 9.14. The Morgan fingerprint density at radius 2 is 2.33 bits per heavy atom. The highest BCUT2D eigenvalue weighted by Gasteiger charge is 2.19.